The van der Waals surface area contributed by atoms with Gasteiger partial charge in [0.2, 0.25) is 0 Å². The lowest BCUT2D eigenvalue weighted by atomic mass is 9.77. The molecule has 1 amide bonds. The summed E-state index contributed by atoms with van der Waals surface area (Å²) in [5.41, 5.74) is 0.435. The van der Waals surface area contributed by atoms with Gasteiger partial charge >= 0.3 is 0 Å². The Morgan fingerprint density at radius 2 is 1.78 bits per heavy atom. The van der Waals surface area contributed by atoms with Gasteiger partial charge in [0.25, 0.3) is 12.4 Å². The summed E-state index contributed by atoms with van der Waals surface area (Å²) < 4.78 is 0. The Balaban J connectivity index is 0.000000659. The number of aliphatic hydroxyl groups is 1. The van der Waals surface area contributed by atoms with Crippen LogP contribution in [0.2, 0.25) is 0 Å². The van der Waals surface area contributed by atoms with Gasteiger partial charge in [-0.2, -0.15) is 0 Å². The molecule has 1 aromatic heterocycles. The molecule has 3 fully saturated rings. The van der Waals surface area contributed by atoms with E-state index in [-0.39, 0.29) is 30.3 Å². The van der Waals surface area contributed by atoms with E-state index in [0.29, 0.717) is 23.9 Å². The third-order valence-corrected chi connectivity index (χ3v) is 5.98. The number of fused-ring (bicyclic) bond motifs is 1. The van der Waals surface area contributed by atoms with E-state index in [0.717, 1.165) is 32.5 Å². The quantitative estimate of drug-likeness (QED) is 0.653. The van der Waals surface area contributed by atoms with Crippen molar-refractivity contribution in [3.8, 4) is 5.75 Å². The van der Waals surface area contributed by atoms with Gasteiger partial charge in [-0.25, -0.2) is 0 Å². The number of hydrogen-bond acceptors (Lipinski definition) is 6. The molecule has 4 atom stereocenters. The van der Waals surface area contributed by atoms with Gasteiger partial charge in [0.15, 0.2) is 0 Å². The third kappa shape index (κ3) is 4.39. The normalized spacial score (nSPS) is 30.3. The molecule has 3 heterocycles. The second-order valence-electron chi connectivity index (χ2n) is 7.62. The average Bonchev–Trinajstić information content (AvgIpc) is 3.30. The molecule has 148 valence electrons. The number of amides is 1. The Hall–Kier alpha value is -2.19. The van der Waals surface area contributed by atoms with E-state index in [1.54, 1.807) is 0 Å². The van der Waals surface area contributed by atoms with Crippen LogP contribution in [-0.2, 0) is 4.79 Å². The minimum Gasteiger partial charge on any atom is -0.506 e. The molecule has 0 radical (unpaired) electrons. The van der Waals surface area contributed by atoms with E-state index in [2.05, 4.69) is 9.88 Å². The zero-order valence-corrected chi connectivity index (χ0v) is 15.3. The first kappa shape index (κ1) is 19.6. The Kier molecular flexibility index (Phi) is 6.28. The predicted molar refractivity (Wildman–Crippen MR) is 97.3 cm³/mol. The molecule has 0 spiro atoms. The molecular weight excluding hydrogens is 350 g/mol. The van der Waals surface area contributed by atoms with Crippen molar-refractivity contribution in [3.05, 3.63) is 24.0 Å². The van der Waals surface area contributed by atoms with Crippen LogP contribution in [-0.4, -0.2) is 80.8 Å². The maximum absolute atomic E-state index is 12.7. The maximum Gasteiger partial charge on any atom is 0.290 e. The van der Waals surface area contributed by atoms with E-state index in [1.165, 1.54) is 31.3 Å². The molecule has 3 aliphatic rings. The summed E-state index contributed by atoms with van der Waals surface area (Å²) in [6.45, 7) is 3.38. The summed E-state index contributed by atoms with van der Waals surface area (Å²) >= 11 is 0. The van der Waals surface area contributed by atoms with Crippen LogP contribution >= 0.6 is 0 Å². The number of carbonyl (C=O) groups excluding carboxylic acids is 1. The van der Waals surface area contributed by atoms with Crippen LogP contribution in [0, 0.1) is 11.8 Å². The standard InChI is InChI=1S/C18H25N3O3.CH2O2/c22-15-5-12(8-19-9-15)18(24)21-10-13-6-16(20-3-1-2-4-20)17(23)7-14(13)11-21;2-1-3/h5,8-9,13-14,16-17,22-23H,1-4,6-7,10-11H2;1H,(H,2,3)/t13-,14+,16-,17-;/m1./s1. The van der Waals surface area contributed by atoms with Gasteiger partial charge in [0, 0.05) is 25.3 Å². The van der Waals surface area contributed by atoms with Crippen LogP contribution in [0.5, 0.6) is 5.75 Å². The summed E-state index contributed by atoms with van der Waals surface area (Å²) in [7, 11) is 0. The minimum atomic E-state index is -0.276. The molecule has 1 saturated carbocycles. The van der Waals surface area contributed by atoms with Crippen molar-refractivity contribution in [1.82, 2.24) is 14.8 Å². The van der Waals surface area contributed by atoms with Crippen molar-refractivity contribution in [2.75, 3.05) is 26.2 Å². The fourth-order valence-electron chi connectivity index (χ4n) is 4.77. The van der Waals surface area contributed by atoms with Crippen molar-refractivity contribution in [2.45, 2.75) is 37.8 Å². The first-order chi connectivity index (χ1) is 13.0. The van der Waals surface area contributed by atoms with Gasteiger partial charge in [-0.3, -0.25) is 19.5 Å². The average molecular weight is 377 g/mol. The fourth-order valence-corrected chi connectivity index (χ4v) is 4.77. The Morgan fingerprint density at radius 3 is 2.41 bits per heavy atom. The molecule has 8 nitrogen and oxygen atoms in total. The largest absolute Gasteiger partial charge is 0.506 e. The number of pyridine rings is 1. The van der Waals surface area contributed by atoms with E-state index in [9.17, 15) is 15.0 Å². The van der Waals surface area contributed by atoms with Gasteiger partial charge < -0.3 is 20.2 Å². The highest BCUT2D eigenvalue weighted by Crippen LogP contribution is 2.39. The third-order valence-electron chi connectivity index (χ3n) is 5.98. The van der Waals surface area contributed by atoms with E-state index in [1.807, 2.05) is 4.90 Å². The molecule has 0 bridgehead atoms. The molecule has 2 saturated heterocycles. The number of likely N-dealkylation sites (tertiary alicyclic amines) is 2. The van der Waals surface area contributed by atoms with Crippen LogP contribution in [0.3, 0.4) is 0 Å². The highest BCUT2D eigenvalue weighted by molar-refractivity contribution is 5.94. The van der Waals surface area contributed by atoms with E-state index < -0.39 is 0 Å². The molecule has 1 aromatic rings. The topological polar surface area (TPSA) is 114 Å². The second kappa shape index (κ2) is 8.67. The van der Waals surface area contributed by atoms with Crippen molar-refractivity contribution < 1.29 is 24.9 Å². The number of hydrogen-bond donors (Lipinski definition) is 3. The highest BCUT2D eigenvalue weighted by Gasteiger charge is 2.45. The van der Waals surface area contributed by atoms with Crippen LogP contribution in [0.25, 0.3) is 0 Å². The SMILES string of the molecule is O=C(c1cncc(O)c1)N1C[C@H]2C[C@@H](N3CCCC3)[C@H](O)C[C@H]2C1.O=CO. The van der Waals surface area contributed by atoms with Gasteiger partial charge in [-0.15, -0.1) is 0 Å². The fraction of sp³-hybridized carbons (Fsp3) is 0.632. The number of aromatic hydroxyl groups is 1. The minimum absolute atomic E-state index is 0.0157. The first-order valence-corrected chi connectivity index (χ1v) is 9.46. The van der Waals surface area contributed by atoms with Crippen LogP contribution in [0.15, 0.2) is 18.5 Å². The van der Waals surface area contributed by atoms with Crippen LogP contribution < -0.4 is 0 Å². The van der Waals surface area contributed by atoms with Crippen molar-refractivity contribution >= 4 is 12.4 Å². The summed E-state index contributed by atoms with van der Waals surface area (Å²) in [5.74, 6) is 0.795. The molecule has 27 heavy (non-hydrogen) atoms. The Morgan fingerprint density at radius 1 is 1.15 bits per heavy atom. The van der Waals surface area contributed by atoms with E-state index >= 15 is 0 Å². The van der Waals surface area contributed by atoms with Gasteiger partial charge in [0.05, 0.1) is 17.9 Å². The molecule has 3 N–H and O–H groups in total. The monoisotopic (exact) mass is 377 g/mol. The smallest absolute Gasteiger partial charge is 0.290 e. The number of carboxylic acid groups (broad SMARTS) is 1. The number of aromatic nitrogens is 1. The molecule has 0 unspecified atom stereocenters. The van der Waals surface area contributed by atoms with Gasteiger partial charge in [0.1, 0.15) is 5.75 Å². The first-order valence-electron chi connectivity index (χ1n) is 9.46. The van der Waals surface area contributed by atoms with E-state index in [4.69, 9.17) is 9.90 Å². The summed E-state index contributed by atoms with van der Waals surface area (Å²) in [6, 6.07) is 1.73. The lowest BCUT2D eigenvalue weighted by Gasteiger charge is -2.40. The number of carbonyl (C=O) groups is 2. The molecule has 2 aliphatic heterocycles. The lowest BCUT2D eigenvalue weighted by molar-refractivity contribution is -0.122. The zero-order valence-electron chi connectivity index (χ0n) is 15.3. The molecule has 4 rings (SSSR count). The summed E-state index contributed by atoms with van der Waals surface area (Å²) in [4.78, 5) is 29.2. The summed E-state index contributed by atoms with van der Waals surface area (Å²) in [5, 5.41) is 27.0. The zero-order chi connectivity index (χ0) is 19.4. The van der Waals surface area contributed by atoms with Crippen LogP contribution in [0.1, 0.15) is 36.0 Å². The predicted octanol–water partition coefficient (Wildman–Crippen LogP) is 0.795. The molecule has 0 aromatic carbocycles. The summed E-state index contributed by atoms with van der Waals surface area (Å²) in [6.07, 6.45) is 6.78. The van der Waals surface area contributed by atoms with Gasteiger partial charge in [-0.1, -0.05) is 0 Å². The molecule has 1 aliphatic carbocycles. The van der Waals surface area contributed by atoms with Crippen molar-refractivity contribution in [1.29, 1.82) is 0 Å². The molecule has 8 heteroatoms. The van der Waals surface area contributed by atoms with Gasteiger partial charge in [-0.05, 0) is 56.7 Å². The number of rotatable bonds is 2. The van der Waals surface area contributed by atoms with Crippen molar-refractivity contribution in [3.63, 3.8) is 0 Å². The Bertz CT molecular complexity index is 665. The highest BCUT2D eigenvalue weighted by atomic mass is 16.3. The van der Waals surface area contributed by atoms with Crippen molar-refractivity contribution in [2.24, 2.45) is 11.8 Å². The lowest BCUT2D eigenvalue weighted by Crippen LogP contribution is -2.48. The van der Waals surface area contributed by atoms with Crippen LogP contribution in [0.4, 0.5) is 0 Å². The molecular formula is C19H27N3O5. The number of nitrogens with zero attached hydrogens (tertiary/aromatic N) is 3. The Labute approximate surface area is 158 Å². The maximum atomic E-state index is 12.7. The second-order valence-corrected chi connectivity index (χ2v) is 7.62. The number of aliphatic hydroxyl groups excluding tert-OH is 1.